The number of hydrogen-bond acceptors (Lipinski definition) is 7. The standard InChI is InChI=1S/C33H40F2N2O5/c1-38-16-2-14-37-15-19-41-31-11-4-24(20-30(31)37)23-42-33-22-36-13-12-28(33)25-5-8-27(9-6-25)39-17-3-18-40-32-21-26(34)7-10-29(32)35/h4-11,20-21,28,33,36H,2-3,12-19,22-23H2,1H3/t28-,33+/m1/s1. The van der Waals surface area contributed by atoms with Gasteiger partial charge in [0.25, 0.3) is 0 Å². The van der Waals surface area contributed by atoms with E-state index in [1.807, 2.05) is 12.1 Å². The van der Waals surface area contributed by atoms with E-state index in [2.05, 4.69) is 40.5 Å². The molecule has 42 heavy (non-hydrogen) atoms. The van der Waals surface area contributed by atoms with Crippen LogP contribution in [0.25, 0.3) is 0 Å². The first-order chi connectivity index (χ1) is 20.6. The lowest BCUT2D eigenvalue weighted by atomic mass is 9.87. The normalized spacial score (nSPS) is 18.3. The first-order valence-electron chi connectivity index (χ1n) is 14.7. The predicted octanol–water partition coefficient (Wildman–Crippen LogP) is 5.71. The summed E-state index contributed by atoms with van der Waals surface area (Å²) in [5, 5.41) is 3.48. The number of nitrogens with zero attached hydrogens (tertiary/aromatic N) is 1. The van der Waals surface area contributed by atoms with Crippen LogP contribution in [-0.2, 0) is 16.1 Å². The van der Waals surface area contributed by atoms with Crippen LogP contribution in [0.2, 0.25) is 0 Å². The van der Waals surface area contributed by atoms with E-state index in [4.69, 9.17) is 23.7 Å². The van der Waals surface area contributed by atoms with Crippen LogP contribution in [0.15, 0.2) is 60.7 Å². The third kappa shape index (κ3) is 8.12. The van der Waals surface area contributed by atoms with Crippen LogP contribution in [0.5, 0.6) is 17.2 Å². The van der Waals surface area contributed by atoms with E-state index in [0.29, 0.717) is 26.2 Å². The first-order valence-corrected chi connectivity index (χ1v) is 14.7. The largest absolute Gasteiger partial charge is 0.493 e. The van der Waals surface area contributed by atoms with Gasteiger partial charge in [0, 0.05) is 45.2 Å². The third-order valence-electron chi connectivity index (χ3n) is 7.67. The van der Waals surface area contributed by atoms with Gasteiger partial charge >= 0.3 is 0 Å². The number of methoxy groups -OCH3 is 1. The Morgan fingerprint density at radius 1 is 0.952 bits per heavy atom. The summed E-state index contributed by atoms with van der Waals surface area (Å²) in [7, 11) is 1.74. The fraction of sp³-hybridized carbons (Fsp3) is 0.455. The van der Waals surface area contributed by atoms with Crippen LogP contribution in [0.1, 0.15) is 36.3 Å². The van der Waals surface area contributed by atoms with Crippen molar-refractivity contribution in [2.24, 2.45) is 0 Å². The molecule has 0 amide bonds. The molecule has 9 heteroatoms. The van der Waals surface area contributed by atoms with Crippen LogP contribution in [0, 0.1) is 11.6 Å². The highest BCUT2D eigenvalue weighted by Crippen LogP contribution is 2.34. The Morgan fingerprint density at radius 3 is 2.67 bits per heavy atom. The number of piperidine rings is 1. The minimum Gasteiger partial charge on any atom is -0.493 e. The summed E-state index contributed by atoms with van der Waals surface area (Å²) in [6.07, 6.45) is 2.56. The molecule has 0 radical (unpaired) electrons. The molecule has 2 aliphatic rings. The molecular weight excluding hydrogens is 542 g/mol. The Kier molecular flexibility index (Phi) is 10.9. The van der Waals surface area contributed by atoms with Gasteiger partial charge in [0.1, 0.15) is 23.9 Å². The second-order valence-corrected chi connectivity index (χ2v) is 10.6. The van der Waals surface area contributed by atoms with Gasteiger partial charge in [-0.25, -0.2) is 8.78 Å². The molecular formula is C33H40F2N2O5. The van der Waals surface area contributed by atoms with E-state index >= 15 is 0 Å². The molecule has 2 atom stereocenters. The fourth-order valence-corrected chi connectivity index (χ4v) is 5.46. The number of hydrogen-bond donors (Lipinski definition) is 1. The summed E-state index contributed by atoms with van der Waals surface area (Å²) in [6, 6.07) is 17.7. The van der Waals surface area contributed by atoms with E-state index in [9.17, 15) is 8.78 Å². The minimum atomic E-state index is -0.578. The molecule has 2 aliphatic heterocycles. The summed E-state index contributed by atoms with van der Waals surface area (Å²) < 4.78 is 55.8. The van der Waals surface area contributed by atoms with Crippen LogP contribution in [-0.4, -0.2) is 65.8 Å². The smallest absolute Gasteiger partial charge is 0.165 e. The lowest BCUT2D eigenvalue weighted by molar-refractivity contribution is 0.0106. The molecule has 2 heterocycles. The number of ether oxygens (including phenoxy) is 5. The molecule has 0 aromatic heterocycles. The number of rotatable bonds is 14. The summed E-state index contributed by atoms with van der Waals surface area (Å²) >= 11 is 0. The molecule has 0 bridgehead atoms. The molecule has 1 N–H and O–H groups in total. The molecule has 5 rings (SSSR count). The molecule has 7 nitrogen and oxygen atoms in total. The second-order valence-electron chi connectivity index (χ2n) is 10.6. The van der Waals surface area contributed by atoms with Crippen molar-refractivity contribution in [3.8, 4) is 17.2 Å². The number of anilines is 1. The average molecular weight is 583 g/mol. The molecule has 0 unspecified atom stereocenters. The SMILES string of the molecule is COCCCN1CCOc2ccc(CO[C@H]3CNCC[C@@H]3c3ccc(OCCCOc4cc(F)ccc4F)cc3)cc21. The zero-order valence-electron chi connectivity index (χ0n) is 24.2. The van der Waals surface area contributed by atoms with E-state index in [1.54, 1.807) is 7.11 Å². The van der Waals surface area contributed by atoms with Gasteiger partial charge in [0.15, 0.2) is 11.6 Å². The maximum absolute atomic E-state index is 13.7. The highest BCUT2D eigenvalue weighted by molar-refractivity contribution is 5.61. The van der Waals surface area contributed by atoms with Crippen LogP contribution in [0.3, 0.4) is 0 Å². The van der Waals surface area contributed by atoms with Gasteiger partial charge in [0.2, 0.25) is 0 Å². The van der Waals surface area contributed by atoms with E-state index < -0.39 is 11.6 Å². The maximum Gasteiger partial charge on any atom is 0.165 e. The van der Waals surface area contributed by atoms with Crippen LogP contribution in [0.4, 0.5) is 14.5 Å². The Balaban J connectivity index is 1.11. The topological polar surface area (TPSA) is 61.4 Å². The van der Waals surface area contributed by atoms with Crippen molar-refractivity contribution in [3.05, 3.63) is 83.4 Å². The lowest BCUT2D eigenvalue weighted by Crippen LogP contribution is -2.41. The van der Waals surface area contributed by atoms with Crippen molar-refractivity contribution in [2.45, 2.75) is 37.9 Å². The quantitative estimate of drug-likeness (QED) is 0.244. The van der Waals surface area contributed by atoms with Crippen molar-refractivity contribution < 1.29 is 32.5 Å². The molecule has 1 fully saturated rings. The van der Waals surface area contributed by atoms with Crippen molar-refractivity contribution >= 4 is 5.69 Å². The minimum absolute atomic E-state index is 0.0518. The van der Waals surface area contributed by atoms with Gasteiger partial charge in [0.05, 0.1) is 38.2 Å². The molecule has 0 saturated carbocycles. The monoisotopic (exact) mass is 582 g/mol. The van der Waals surface area contributed by atoms with Gasteiger partial charge in [-0.2, -0.15) is 0 Å². The van der Waals surface area contributed by atoms with Gasteiger partial charge in [-0.1, -0.05) is 18.2 Å². The van der Waals surface area contributed by atoms with Crippen molar-refractivity contribution in [2.75, 3.05) is 64.6 Å². The van der Waals surface area contributed by atoms with Crippen molar-refractivity contribution in [3.63, 3.8) is 0 Å². The summed E-state index contributed by atoms with van der Waals surface area (Å²) in [4.78, 5) is 2.37. The fourth-order valence-electron chi connectivity index (χ4n) is 5.46. The predicted molar refractivity (Wildman–Crippen MR) is 158 cm³/mol. The third-order valence-corrected chi connectivity index (χ3v) is 7.67. The van der Waals surface area contributed by atoms with E-state index in [-0.39, 0.29) is 24.4 Å². The molecule has 3 aromatic rings. The number of nitrogens with one attached hydrogen (secondary N) is 1. The highest BCUT2D eigenvalue weighted by atomic mass is 19.1. The van der Waals surface area contributed by atoms with E-state index in [0.717, 1.165) is 86.6 Å². The molecule has 0 aliphatic carbocycles. The Labute approximate surface area is 246 Å². The van der Waals surface area contributed by atoms with Gasteiger partial charge in [-0.3, -0.25) is 0 Å². The van der Waals surface area contributed by atoms with E-state index in [1.165, 1.54) is 5.56 Å². The maximum atomic E-state index is 13.7. The van der Waals surface area contributed by atoms with Gasteiger partial charge in [-0.05, 0) is 66.9 Å². The van der Waals surface area contributed by atoms with Crippen molar-refractivity contribution in [1.82, 2.24) is 5.32 Å². The van der Waals surface area contributed by atoms with Gasteiger partial charge in [-0.15, -0.1) is 0 Å². The van der Waals surface area contributed by atoms with Crippen LogP contribution < -0.4 is 24.4 Å². The zero-order chi connectivity index (χ0) is 29.1. The van der Waals surface area contributed by atoms with Crippen LogP contribution >= 0.6 is 0 Å². The summed E-state index contributed by atoms with van der Waals surface area (Å²) in [5.41, 5.74) is 3.48. The zero-order valence-corrected chi connectivity index (χ0v) is 24.2. The molecule has 1 saturated heterocycles. The average Bonchev–Trinajstić information content (AvgIpc) is 3.02. The molecule has 3 aromatic carbocycles. The second kappa shape index (κ2) is 15.2. The molecule has 226 valence electrons. The number of halogens is 2. The Morgan fingerprint density at radius 2 is 1.81 bits per heavy atom. The lowest BCUT2D eigenvalue weighted by Gasteiger charge is -2.33. The Bertz CT molecular complexity index is 1280. The number of fused-ring (bicyclic) bond motifs is 1. The first kappa shape index (κ1) is 30.1. The Hall–Kier alpha value is -3.40. The highest BCUT2D eigenvalue weighted by Gasteiger charge is 2.27. The number of benzene rings is 3. The van der Waals surface area contributed by atoms with Gasteiger partial charge < -0.3 is 33.9 Å². The molecule has 0 spiro atoms. The summed E-state index contributed by atoms with van der Waals surface area (Å²) in [6.45, 7) is 6.16. The van der Waals surface area contributed by atoms with Crippen molar-refractivity contribution in [1.29, 1.82) is 0 Å². The summed E-state index contributed by atoms with van der Waals surface area (Å²) in [5.74, 6) is 0.771.